The van der Waals surface area contributed by atoms with E-state index < -0.39 is 0 Å². The molecule has 0 bridgehead atoms. The minimum Gasteiger partial charge on any atom is -0.507 e. The molecular formula is C25H29IO2. The lowest BCUT2D eigenvalue weighted by atomic mass is 9.55. The van der Waals surface area contributed by atoms with Gasteiger partial charge in [0.05, 0.1) is 16.3 Å². The molecule has 5 rings (SSSR count). The summed E-state index contributed by atoms with van der Waals surface area (Å²) >= 11 is 2.28. The van der Waals surface area contributed by atoms with E-state index in [0.29, 0.717) is 23.2 Å². The van der Waals surface area contributed by atoms with Crippen LogP contribution in [0.1, 0.15) is 61.6 Å². The summed E-state index contributed by atoms with van der Waals surface area (Å²) in [4.78, 5) is 0. The maximum absolute atomic E-state index is 10.1. The van der Waals surface area contributed by atoms with Crippen molar-refractivity contribution in [1.29, 1.82) is 0 Å². The number of fused-ring (bicyclic) bond motifs is 5. The van der Waals surface area contributed by atoms with Gasteiger partial charge in [-0.2, -0.15) is 0 Å². The first-order valence-electron chi connectivity index (χ1n) is 10.7. The molecule has 0 unspecified atom stereocenters. The third kappa shape index (κ3) is 3.09. The van der Waals surface area contributed by atoms with Crippen LogP contribution in [0.15, 0.2) is 42.5 Å². The highest BCUT2D eigenvalue weighted by atomic mass is 127. The van der Waals surface area contributed by atoms with Crippen molar-refractivity contribution in [1.82, 2.24) is 0 Å². The summed E-state index contributed by atoms with van der Waals surface area (Å²) in [6.07, 6.45) is 7.80. The number of benzene rings is 2. The molecule has 0 radical (unpaired) electrons. The molecule has 2 saturated carbocycles. The minimum absolute atomic E-state index is 0.317. The van der Waals surface area contributed by atoms with Crippen molar-refractivity contribution in [3.8, 4) is 5.75 Å². The highest BCUT2D eigenvalue weighted by molar-refractivity contribution is 14.1. The first-order valence-corrected chi connectivity index (χ1v) is 11.8. The molecule has 2 aromatic rings. The molecule has 2 fully saturated rings. The van der Waals surface area contributed by atoms with Crippen molar-refractivity contribution in [3.63, 3.8) is 0 Å². The second-order valence-electron chi connectivity index (χ2n) is 9.33. The Morgan fingerprint density at radius 2 is 1.93 bits per heavy atom. The molecule has 2 nitrogen and oxygen atoms in total. The summed E-state index contributed by atoms with van der Waals surface area (Å²) < 4.78 is 7.51. The van der Waals surface area contributed by atoms with E-state index in [1.807, 2.05) is 6.07 Å². The topological polar surface area (TPSA) is 29.5 Å². The van der Waals surface area contributed by atoms with E-state index in [1.165, 1.54) is 48.8 Å². The second-order valence-corrected chi connectivity index (χ2v) is 10.5. The van der Waals surface area contributed by atoms with Crippen LogP contribution in [0, 0.1) is 20.8 Å². The first-order chi connectivity index (χ1) is 13.6. The lowest BCUT2D eigenvalue weighted by Gasteiger charge is -2.50. The average molecular weight is 488 g/mol. The number of aryl methyl sites for hydroxylation is 1. The predicted octanol–water partition coefficient (Wildman–Crippen LogP) is 6.44. The fourth-order valence-corrected chi connectivity index (χ4v) is 7.07. The smallest absolute Gasteiger partial charge is 0.129 e. The molecule has 0 aliphatic heterocycles. The van der Waals surface area contributed by atoms with Crippen molar-refractivity contribution >= 4 is 22.6 Å². The van der Waals surface area contributed by atoms with Crippen molar-refractivity contribution < 1.29 is 9.84 Å². The van der Waals surface area contributed by atoms with Gasteiger partial charge in [0.2, 0.25) is 0 Å². The molecule has 0 heterocycles. The number of phenols is 1. The summed E-state index contributed by atoms with van der Waals surface area (Å²) in [5, 5.41) is 10.1. The number of hydrogen-bond donors (Lipinski definition) is 1. The van der Waals surface area contributed by atoms with E-state index in [4.69, 9.17) is 4.74 Å². The number of aromatic hydroxyl groups is 1. The van der Waals surface area contributed by atoms with Gasteiger partial charge in [-0.15, -0.1) is 0 Å². The zero-order valence-corrected chi connectivity index (χ0v) is 18.7. The molecule has 28 heavy (non-hydrogen) atoms. The third-order valence-electron chi connectivity index (χ3n) is 8.00. The van der Waals surface area contributed by atoms with Gasteiger partial charge in [-0.1, -0.05) is 37.3 Å². The quantitative estimate of drug-likeness (QED) is 0.504. The van der Waals surface area contributed by atoms with Gasteiger partial charge >= 0.3 is 0 Å². The Morgan fingerprint density at radius 1 is 1.11 bits per heavy atom. The lowest BCUT2D eigenvalue weighted by molar-refractivity contribution is -0.0707. The van der Waals surface area contributed by atoms with Crippen molar-refractivity contribution in [2.75, 3.05) is 0 Å². The van der Waals surface area contributed by atoms with Crippen molar-refractivity contribution in [2.45, 2.75) is 64.1 Å². The summed E-state index contributed by atoms with van der Waals surface area (Å²) in [5.41, 5.74) is 4.51. The first kappa shape index (κ1) is 18.9. The van der Waals surface area contributed by atoms with E-state index in [2.05, 4.69) is 65.9 Å². The average Bonchev–Trinajstić information content (AvgIpc) is 3.04. The number of hydrogen-bond acceptors (Lipinski definition) is 2. The number of phenolic OH excluding ortho intramolecular Hbond substituents is 1. The molecule has 2 aromatic carbocycles. The number of ether oxygens (including phenoxy) is 1. The highest BCUT2D eigenvalue weighted by Crippen LogP contribution is 2.61. The molecule has 0 amide bonds. The van der Waals surface area contributed by atoms with Crippen LogP contribution in [0.3, 0.4) is 0 Å². The Kier molecular flexibility index (Phi) is 4.95. The predicted molar refractivity (Wildman–Crippen MR) is 120 cm³/mol. The highest BCUT2D eigenvalue weighted by Gasteiger charge is 2.55. The Bertz CT molecular complexity index is 864. The van der Waals surface area contributed by atoms with Gasteiger partial charge in [0.25, 0.3) is 0 Å². The summed E-state index contributed by atoms with van der Waals surface area (Å²) in [7, 11) is 0. The molecule has 5 atom stereocenters. The van der Waals surface area contributed by atoms with Gasteiger partial charge in [-0.25, -0.2) is 0 Å². The number of halogens is 1. The zero-order chi connectivity index (χ0) is 19.3. The molecule has 0 spiro atoms. The minimum atomic E-state index is 0.317. The Hall–Kier alpha value is -1.07. The third-order valence-corrected chi connectivity index (χ3v) is 8.86. The van der Waals surface area contributed by atoms with Gasteiger partial charge < -0.3 is 9.84 Å². The van der Waals surface area contributed by atoms with E-state index in [1.54, 1.807) is 0 Å². The molecule has 0 aromatic heterocycles. The largest absolute Gasteiger partial charge is 0.507 e. The maximum Gasteiger partial charge on any atom is 0.129 e. The molecular weight excluding hydrogens is 459 g/mol. The van der Waals surface area contributed by atoms with Crippen LogP contribution < -0.4 is 0 Å². The van der Waals surface area contributed by atoms with Crippen molar-refractivity contribution in [3.05, 3.63) is 62.7 Å². The summed E-state index contributed by atoms with van der Waals surface area (Å²) in [6, 6.07) is 14.9. The molecule has 0 saturated heterocycles. The van der Waals surface area contributed by atoms with Crippen LogP contribution in [0.4, 0.5) is 0 Å². The normalized spacial score (nSPS) is 33.8. The SMILES string of the molecule is C[C@]12CC[C@@H]3c4cc(I)c(O)cc4CC[C@H]3[C@@H]1CC[C@@H]2OCc1ccccc1. The van der Waals surface area contributed by atoms with Gasteiger partial charge in [0.1, 0.15) is 5.75 Å². The molecule has 3 aliphatic rings. The van der Waals surface area contributed by atoms with Crippen LogP contribution in [0.25, 0.3) is 0 Å². The molecule has 1 N–H and O–H groups in total. The van der Waals surface area contributed by atoms with Crippen LogP contribution >= 0.6 is 22.6 Å². The zero-order valence-electron chi connectivity index (χ0n) is 16.5. The van der Waals surface area contributed by atoms with E-state index in [9.17, 15) is 5.11 Å². The molecule has 148 valence electrons. The Balaban J connectivity index is 1.36. The Labute approximate surface area is 181 Å². The van der Waals surface area contributed by atoms with Crippen LogP contribution in [0.5, 0.6) is 5.75 Å². The van der Waals surface area contributed by atoms with Gasteiger partial charge in [-0.05, 0) is 113 Å². The number of rotatable bonds is 3. The molecule has 3 aliphatic carbocycles. The van der Waals surface area contributed by atoms with Gasteiger partial charge in [0.15, 0.2) is 0 Å². The van der Waals surface area contributed by atoms with Gasteiger partial charge in [-0.3, -0.25) is 0 Å². The fourth-order valence-electron chi connectivity index (χ4n) is 6.58. The van der Waals surface area contributed by atoms with Crippen LogP contribution in [0.2, 0.25) is 0 Å². The summed E-state index contributed by atoms with van der Waals surface area (Å²) in [6.45, 7) is 3.24. The maximum atomic E-state index is 10.1. The standard InChI is InChI=1S/C25H29IO2/c1-25-12-11-18-19(8-7-17-13-23(27)22(26)14-20(17)18)21(25)9-10-24(25)28-15-16-5-3-2-4-6-16/h2-6,13-14,18-19,21,24,27H,7-12,15H2,1H3/t18-,19+,21-,24-,25-/m0/s1. The van der Waals surface area contributed by atoms with Gasteiger partial charge in [0, 0.05) is 0 Å². The van der Waals surface area contributed by atoms with E-state index in [-0.39, 0.29) is 0 Å². The summed E-state index contributed by atoms with van der Waals surface area (Å²) in [5.74, 6) is 2.67. The second kappa shape index (κ2) is 7.32. The van der Waals surface area contributed by atoms with Crippen LogP contribution in [-0.2, 0) is 17.8 Å². The van der Waals surface area contributed by atoms with Crippen LogP contribution in [-0.4, -0.2) is 11.2 Å². The molecule has 3 heteroatoms. The monoisotopic (exact) mass is 488 g/mol. The lowest BCUT2D eigenvalue weighted by Crippen LogP contribution is -2.44. The van der Waals surface area contributed by atoms with E-state index in [0.717, 1.165) is 28.4 Å². The fraction of sp³-hybridized carbons (Fsp3) is 0.520. The van der Waals surface area contributed by atoms with E-state index >= 15 is 0 Å². The van der Waals surface area contributed by atoms with Crippen molar-refractivity contribution in [2.24, 2.45) is 17.3 Å². The Morgan fingerprint density at radius 3 is 2.75 bits per heavy atom.